The summed E-state index contributed by atoms with van der Waals surface area (Å²) >= 11 is 0. The van der Waals surface area contributed by atoms with E-state index in [1.165, 1.54) is 16.8 Å². The number of carboxylic acids is 1. The van der Waals surface area contributed by atoms with Crippen LogP contribution in [0.5, 0.6) is 11.6 Å². The third kappa shape index (κ3) is 6.31. The van der Waals surface area contributed by atoms with Gasteiger partial charge < -0.3 is 15.2 Å². The Hall–Kier alpha value is -3.70. The third-order valence-corrected chi connectivity index (χ3v) is 8.56. The second-order valence-corrected chi connectivity index (χ2v) is 11.7. The maximum atomic E-state index is 13.5. The van der Waals surface area contributed by atoms with E-state index in [4.69, 9.17) is 4.74 Å². The van der Waals surface area contributed by atoms with E-state index < -0.39 is 16.0 Å². The lowest BCUT2D eigenvalue weighted by Crippen LogP contribution is -2.32. The fraction of sp³-hybridized carbons (Fsp3) is 0.393. The summed E-state index contributed by atoms with van der Waals surface area (Å²) in [7, 11) is -4.08. The number of rotatable bonds is 10. The number of benzene rings is 2. The molecule has 1 aliphatic rings. The lowest BCUT2D eigenvalue weighted by atomic mass is 10.1. The highest BCUT2D eigenvalue weighted by Crippen LogP contribution is 2.36. The number of aromatic carboxylic acids is 1. The summed E-state index contributed by atoms with van der Waals surface area (Å²) in [6.07, 6.45) is 4.17. The van der Waals surface area contributed by atoms with Crippen molar-refractivity contribution in [2.24, 2.45) is 5.92 Å². The number of ether oxygens (including phenoxy) is 1. The number of amides is 1. The van der Waals surface area contributed by atoms with E-state index >= 15 is 0 Å². The molecule has 3 aromatic rings. The molecule has 10 nitrogen and oxygen atoms in total. The molecular weight excluding hydrogens is 520 g/mol. The number of sulfonamides is 1. The molecule has 208 valence electrons. The number of carbonyl (C=O) groups excluding carboxylic acids is 1. The third-order valence-electron chi connectivity index (χ3n) is 6.95. The average molecular weight is 555 g/mol. The fourth-order valence-electron chi connectivity index (χ4n) is 4.49. The molecule has 0 unspecified atom stereocenters. The van der Waals surface area contributed by atoms with E-state index in [1.807, 2.05) is 26.0 Å². The normalized spacial score (nSPS) is 14.8. The van der Waals surface area contributed by atoms with Gasteiger partial charge >= 0.3 is 5.97 Å². The molecule has 1 atom stereocenters. The first kappa shape index (κ1) is 28.3. The zero-order chi connectivity index (χ0) is 28.3. The number of nitrogens with one attached hydrogen (secondary N) is 2. The largest absolute Gasteiger partial charge is 0.476 e. The van der Waals surface area contributed by atoms with Crippen LogP contribution in [0.2, 0.25) is 0 Å². The molecule has 0 radical (unpaired) electrons. The Morgan fingerprint density at radius 1 is 1.13 bits per heavy atom. The van der Waals surface area contributed by atoms with Gasteiger partial charge in [-0.15, -0.1) is 0 Å². The molecule has 3 N–H and O–H groups in total. The van der Waals surface area contributed by atoms with Crippen molar-refractivity contribution in [3.63, 3.8) is 0 Å². The van der Waals surface area contributed by atoms with Crippen molar-refractivity contribution in [1.82, 2.24) is 14.5 Å². The molecule has 1 heterocycles. The van der Waals surface area contributed by atoms with Crippen LogP contribution in [0.3, 0.4) is 0 Å². The lowest BCUT2D eigenvalue weighted by molar-refractivity contribution is -0.119. The van der Waals surface area contributed by atoms with E-state index in [-0.39, 0.29) is 45.6 Å². The summed E-state index contributed by atoms with van der Waals surface area (Å²) in [6, 6.07) is 11.3. The number of carboxylic acid groups (broad SMARTS) is 1. The molecule has 1 fully saturated rings. The molecular formula is C28H34N4O6S. The van der Waals surface area contributed by atoms with Gasteiger partial charge in [-0.05, 0) is 70.4 Å². The Morgan fingerprint density at radius 3 is 2.41 bits per heavy atom. The number of hydrogen-bond donors (Lipinski definition) is 3. The van der Waals surface area contributed by atoms with Crippen LogP contribution in [0.1, 0.15) is 67.6 Å². The van der Waals surface area contributed by atoms with E-state index in [1.54, 1.807) is 32.0 Å². The Bertz CT molecular complexity index is 1470. The van der Waals surface area contributed by atoms with Gasteiger partial charge in [0.25, 0.3) is 0 Å². The molecule has 11 heteroatoms. The second kappa shape index (κ2) is 11.6. The quantitative estimate of drug-likeness (QED) is 0.313. The molecule has 1 saturated carbocycles. The van der Waals surface area contributed by atoms with Gasteiger partial charge in [0.2, 0.25) is 21.8 Å². The molecule has 0 bridgehead atoms. The minimum Gasteiger partial charge on any atom is -0.476 e. The zero-order valence-corrected chi connectivity index (χ0v) is 23.3. The summed E-state index contributed by atoms with van der Waals surface area (Å²) in [5, 5.41) is 16.8. The predicted molar refractivity (Wildman–Crippen MR) is 147 cm³/mol. The molecule has 1 amide bonds. The summed E-state index contributed by atoms with van der Waals surface area (Å²) in [5.74, 6) is -1.43. The van der Waals surface area contributed by atoms with Gasteiger partial charge in [-0.2, -0.15) is 9.78 Å². The van der Waals surface area contributed by atoms with Crippen molar-refractivity contribution >= 4 is 27.6 Å². The molecule has 0 saturated heterocycles. The monoisotopic (exact) mass is 554 g/mol. The summed E-state index contributed by atoms with van der Waals surface area (Å²) in [6.45, 7) is 7.09. The van der Waals surface area contributed by atoms with Crippen LogP contribution in [0.25, 0.3) is 5.69 Å². The van der Waals surface area contributed by atoms with Crippen molar-refractivity contribution in [2.45, 2.75) is 70.7 Å². The number of anilines is 1. The number of hydrogen-bond acceptors (Lipinski definition) is 6. The highest BCUT2D eigenvalue weighted by Gasteiger charge is 2.28. The van der Waals surface area contributed by atoms with Crippen molar-refractivity contribution < 1.29 is 27.9 Å². The fourth-order valence-corrected chi connectivity index (χ4v) is 5.97. The van der Waals surface area contributed by atoms with E-state index in [0.29, 0.717) is 17.8 Å². The standard InChI is InChI=1S/C28H34N4O6S/c1-5-18(3)31-39(36,37)24-16-21(29-26(33)20-8-6-7-9-20)12-15-23(24)38-27-19(4)25(28(34)35)30-32(27)22-13-10-17(2)11-14-22/h10-16,18,20,31H,5-9H2,1-4H3,(H,29,33)(H,34,35)/t18-/m1/s1. The number of aryl methyl sites for hydroxylation is 1. The van der Waals surface area contributed by atoms with Crippen LogP contribution < -0.4 is 14.8 Å². The molecule has 39 heavy (non-hydrogen) atoms. The Kier molecular flexibility index (Phi) is 8.41. The Labute approximate surface area is 228 Å². The average Bonchev–Trinajstić information content (AvgIpc) is 3.54. The molecule has 0 aliphatic heterocycles. The maximum absolute atomic E-state index is 13.5. The van der Waals surface area contributed by atoms with Crippen LogP contribution in [0.15, 0.2) is 47.4 Å². The van der Waals surface area contributed by atoms with Crippen molar-refractivity contribution in [2.75, 3.05) is 5.32 Å². The SMILES string of the molecule is CC[C@@H](C)NS(=O)(=O)c1cc(NC(=O)C2CCCC2)ccc1Oc1c(C)c(C(=O)O)nn1-c1ccc(C)cc1. The zero-order valence-electron chi connectivity index (χ0n) is 22.5. The summed E-state index contributed by atoms with van der Waals surface area (Å²) in [5.41, 5.74) is 1.91. The second-order valence-electron chi connectivity index (χ2n) is 10.00. The van der Waals surface area contributed by atoms with E-state index in [0.717, 1.165) is 31.2 Å². The van der Waals surface area contributed by atoms with Gasteiger partial charge in [-0.3, -0.25) is 4.79 Å². The van der Waals surface area contributed by atoms with Gasteiger partial charge in [0.1, 0.15) is 10.6 Å². The smallest absolute Gasteiger partial charge is 0.356 e. The van der Waals surface area contributed by atoms with Gasteiger partial charge in [0.05, 0.1) is 5.69 Å². The molecule has 0 spiro atoms. The molecule has 2 aromatic carbocycles. The maximum Gasteiger partial charge on any atom is 0.356 e. The van der Waals surface area contributed by atoms with Gasteiger partial charge in [0, 0.05) is 23.2 Å². The number of nitrogens with zero attached hydrogens (tertiary/aromatic N) is 2. The number of aromatic nitrogens is 2. The van der Waals surface area contributed by atoms with Gasteiger partial charge in [0.15, 0.2) is 5.69 Å². The van der Waals surface area contributed by atoms with Crippen LogP contribution in [0.4, 0.5) is 5.69 Å². The Morgan fingerprint density at radius 2 is 1.79 bits per heavy atom. The minimum atomic E-state index is -4.08. The molecule has 1 aromatic heterocycles. The topological polar surface area (TPSA) is 140 Å². The highest BCUT2D eigenvalue weighted by molar-refractivity contribution is 7.89. The highest BCUT2D eigenvalue weighted by atomic mass is 32.2. The van der Waals surface area contributed by atoms with Crippen LogP contribution in [-0.2, 0) is 14.8 Å². The first-order chi connectivity index (χ1) is 18.5. The van der Waals surface area contributed by atoms with Crippen molar-refractivity contribution in [3.05, 3.63) is 59.3 Å². The number of carbonyl (C=O) groups is 2. The van der Waals surface area contributed by atoms with Gasteiger partial charge in [-0.1, -0.05) is 37.5 Å². The summed E-state index contributed by atoms with van der Waals surface area (Å²) < 4.78 is 37.1. The van der Waals surface area contributed by atoms with Crippen LogP contribution in [0, 0.1) is 19.8 Å². The molecule has 4 rings (SSSR count). The summed E-state index contributed by atoms with van der Waals surface area (Å²) in [4.78, 5) is 24.4. The predicted octanol–water partition coefficient (Wildman–Crippen LogP) is 5.19. The lowest BCUT2D eigenvalue weighted by Gasteiger charge is -2.18. The van der Waals surface area contributed by atoms with Crippen LogP contribution >= 0.6 is 0 Å². The van der Waals surface area contributed by atoms with E-state index in [9.17, 15) is 23.1 Å². The first-order valence-corrected chi connectivity index (χ1v) is 14.5. The van der Waals surface area contributed by atoms with Crippen molar-refractivity contribution in [3.8, 4) is 17.3 Å². The van der Waals surface area contributed by atoms with E-state index in [2.05, 4.69) is 15.1 Å². The van der Waals surface area contributed by atoms with Crippen LogP contribution in [-0.4, -0.2) is 41.2 Å². The van der Waals surface area contributed by atoms with Gasteiger partial charge in [-0.25, -0.2) is 17.9 Å². The Balaban J connectivity index is 1.79. The van der Waals surface area contributed by atoms with Crippen molar-refractivity contribution in [1.29, 1.82) is 0 Å². The first-order valence-electron chi connectivity index (χ1n) is 13.0. The molecule has 1 aliphatic carbocycles. The minimum absolute atomic E-state index is 0.0297.